The third-order valence-electron chi connectivity index (χ3n) is 5.99. The minimum atomic E-state index is -0.0149. The van der Waals surface area contributed by atoms with Crippen molar-refractivity contribution in [1.82, 2.24) is 14.7 Å². The van der Waals surface area contributed by atoms with E-state index < -0.39 is 0 Å². The van der Waals surface area contributed by atoms with Crippen LogP contribution >= 0.6 is 24.0 Å². The van der Waals surface area contributed by atoms with E-state index in [1.54, 1.807) is 4.90 Å². The summed E-state index contributed by atoms with van der Waals surface area (Å²) in [4.78, 5) is 15.6. The summed E-state index contributed by atoms with van der Waals surface area (Å²) >= 11 is 6.94. The SMILES string of the molecule is CCCCCCCN1C(=O)/C(=C/c2cn(-c3ccccc3)nc2-c2cccc(OCCC)c2)SC1=S. The summed E-state index contributed by atoms with van der Waals surface area (Å²) in [5.74, 6) is 0.794. The number of carbonyl (C=O) groups excluding carboxylic acids is 1. The highest BCUT2D eigenvalue weighted by atomic mass is 32.2. The molecule has 1 aromatic heterocycles. The molecule has 1 aliphatic rings. The van der Waals surface area contributed by atoms with Crippen LogP contribution in [0.4, 0.5) is 0 Å². The number of hydrogen-bond donors (Lipinski definition) is 0. The molecule has 1 amide bonds. The average Bonchev–Trinajstić information content (AvgIpc) is 3.44. The largest absolute Gasteiger partial charge is 0.494 e. The van der Waals surface area contributed by atoms with E-state index in [2.05, 4.69) is 13.8 Å². The highest BCUT2D eigenvalue weighted by molar-refractivity contribution is 8.26. The molecule has 0 unspecified atom stereocenters. The average molecular weight is 520 g/mol. The second kappa shape index (κ2) is 12.9. The maximum absolute atomic E-state index is 13.2. The maximum atomic E-state index is 13.2. The zero-order chi connectivity index (χ0) is 25.3. The highest BCUT2D eigenvalue weighted by Gasteiger charge is 2.32. The fourth-order valence-corrected chi connectivity index (χ4v) is 5.39. The first kappa shape index (κ1) is 26.2. The number of hydrogen-bond acceptors (Lipinski definition) is 5. The van der Waals surface area contributed by atoms with E-state index >= 15 is 0 Å². The van der Waals surface area contributed by atoms with Gasteiger partial charge in [0.2, 0.25) is 0 Å². The molecule has 1 fully saturated rings. The Morgan fingerprint density at radius 3 is 2.58 bits per heavy atom. The van der Waals surface area contributed by atoms with Crippen molar-refractivity contribution in [1.29, 1.82) is 0 Å². The monoisotopic (exact) mass is 519 g/mol. The summed E-state index contributed by atoms with van der Waals surface area (Å²) in [5, 5.41) is 4.90. The van der Waals surface area contributed by atoms with E-state index in [0.29, 0.717) is 22.4 Å². The van der Waals surface area contributed by atoms with Crippen molar-refractivity contribution >= 4 is 40.3 Å². The fourth-order valence-electron chi connectivity index (χ4n) is 4.09. The number of thiocarbonyl (C=S) groups is 1. The maximum Gasteiger partial charge on any atom is 0.266 e. The Morgan fingerprint density at radius 1 is 1.00 bits per heavy atom. The number of unbranched alkanes of at least 4 members (excludes halogenated alkanes) is 4. The first-order valence-corrected chi connectivity index (χ1v) is 14.0. The van der Waals surface area contributed by atoms with Gasteiger partial charge in [0.25, 0.3) is 5.91 Å². The summed E-state index contributed by atoms with van der Waals surface area (Å²) in [6.07, 6.45) is 10.6. The lowest BCUT2D eigenvalue weighted by molar-refractivity contribution is -0.122. The number of amides is 1. The molecule has 7 heteroatoms. The van der Waals surface area contributed by atoms with Crippen molar-refractivity contribution in [2.75, 3.05) is 13.2 Å². The van der Waals surface area contributed by atoms with E-state index in [1.807, 2.05) is 71.6 Å². The lowest BCUT2D eigenvalue weighted by Crippen LogP contribution is -2.29. The molecule has 0 aliphatic carbocycles. The van der Waals surface area contributed by atoms with E-state index in [0.717, 1.165) is 47.5 Å². The van der Waals surface area contributed by atoms with Crippen molar-refractivity contribution in [3.05, 3.63) is 71.3 Å². The molecule has 2 aromatic carbocycles. The van der Waals surface area contributed by atoms with Crippen LogP contribution in [0.15, 0.2) is 65.7 Å². The summed E-state index contributed by atoms with van der Waals surface area (Å²) in [5.41, 5.74) is 3.56. The molecule has 0 atom stereocenters. The van der Waals surface area contributed by atoms with E-state index in [-0.39, 0.29) is 5.91 Å². The Labute approximate surface area is 223 Å². The molecule has 1 saturated heterocycles. The van der Waals surface area contributed by atoms with Crippen LogP contribution in [0.3, 0.4) is 0 Å². The van der Waals surface area contributed by atoms with Crippen molar-refractivity contribution < 1.29 is 9.53 Å². The molecule has 0 spiro atoms. The molecule has 1 aliphatic heterocycles. The Bertz CT molecular complexity index is 1220. The van der Waals surface area contributed by atoms with E-state index in [4.69, 9.17) is 22.1 Å². The number of para-hydroxylation sites is 1. The molecule has 36 heavy (non-hydrogen) atoms. The van der Waals surface area contributed by atoms with Crippen molar-refractivity contribution in [3.8, 4) is 22.7 Å². The van der Waals surface area contributed by atoms with Crippen LogP contribution in [0, 0.1) is 0 Å². The lowest BCUT2D eigenvalue weighted by atomic mass is 10.1. The van der Waals surface area contributed by atoms with E-state index in [1.165, 1.54) is 31.0 Å². The van der Waals surface area contributed by atoms with Crippen LogP contribution in [-0.2, 0) is 4.79 Å². The van der Waals surface area contributed by atoms with Gasteiger partial charge in [-0.3, -0.25) is 9.69 Å². The van der Waals surface area contributed by atoms with Gasteiger partial charge in [-0.15, -0.1) is 0 Å². The fraction of sp³-hybridized carbons (Fsp3) is 0.345. The molecule has 0 N–H and O–H groups in total. The normalized spacial score (nSPS) is 14.7. The Kier molecular flexibility index (Phi) is 9.36. The van der Waals surface area contributed by atoms with Gasteiger partial charge < -0.3 is 4.74 Å². The molecule has 4 rings (SSSR count). The third-order valence-corrected chi connectivity index (χ3v) is 7.37. The highest BCUT2D eigenvalue weighted by Crippen LogP contribution is 2.35. The first-order chi connectivity index (χ1) is 17.6. The van der Waals surface area contributed by atoms with Crippen LogP contribution in [0.25, 0.3) is 23.0 Å². The van der Waals surface area contributed by atoms with Gasteiger partial charge in [0, 0.05) is 23.9 Å². The lowest BCUT2D eigenvalue weighted by Gasteiger charge is -2.13. The molecular weight excluding hydrogens is 486 g/mol. The second-order valence-corrected chi connectivity index (χ2v) is 10.5. The van der Waals surface area contributed by atoms with Gasteiger partial charge in [0.05, 0.1) is 17.2 Å². The van der Waals surface area contributed by atoms with Crippen LogP contribution in [0.5, 0.6) is 5.75 Å². The molecule has 0 saturated carbocycles. The zero-order valence-electron chi connectivity index (χ0n) is 21.0. The standard InChI is InChI=1S/C29H33N3O2S2/c1-3-5-6-7-11-17-31-28(33)26(36-29(31)35)20-23-21-32(24-14-9-8-10-15-24)30-27(23)22-13-12-16-25(19-22)34-18-4-2/h8-10,12-16,19-21H,3-7,11,17-18H2,1-2H3/b26-20-. The number of ether oxygens (including phenoxy) is 1. The smallest absolute Gasteiger partial charge is 0.266 e. The zero-order valence-corrected chi connectivity index (χ0v) is 22.6. The van der Waals surface area contributed by atoms with Crippen molar-refractivity contribution in [2.24, 2.45) is 0 Å². The number of rotatable bonds is 12. The topological polar surface area (TPSA) is 47.4 Å². The van der Waals surface area contributed by atoms with Gasteiger partial charge in [-0.1, -0.05) is 93.8 Å². The van der Waals surface area contributed by atoms with Crippen LogP contribution in [0.1, 0.15) is 57.9 Å². The van der Waals surface area contributed by atoms with Gasteiger partial charge in [0.1, 0.15) is 15.8 Å². The third kappa shape index (κ3) is 6.45. The Balaban J connectivity index is 1.64. The van der Waals surface area contributed by atoms with Crippen molar-refractivity contribution in [3.63, 3.8) is 0 Å². The molecule has 2 heterocycles. The summed E-state index contributed by atoms with van der Waals surface area (Å²) in [6, 6.07) is 17.9. The number of benzene rings is 2. The molecule has 188 valence electrons. The molecule has 3 aromatic rings. The van der Waals surface area contributed by atoms with Gasteiger partial charge in [-0.25, -0.2) is 4.68 Å². The van der Waals surface area contributed by atoms with Gasteiger partial charge >= 0.3 is 0 Å². The van der Waals surface area contributed by atoms with E-state index in [9.17, 15) is 4.79 Å². The summed E-state index contributed by atoms with van der Waals surface area (Å²) in [6.45, 7) is 5.63. The van der Waals surface area contributed by atoms with Crippen molar-refractivity contribution in [2.45, 2.75) is 52.4 Å². The minimum Gasteiger partial charge on any atom is -0.494 e. The van der Waals surface area contributed by atoms with Crippen LogP contribution < -0.4 is 4.74 Å². The van der Waals surface area contributed by atoms with Gasteiger partial charge in [-0.05, 0) is 43.2 Å². The molecule has 0 bridgehead atoms. The number of thioether (sulfide) groups is 1. The van der Waals surface area contributed by atoms with Crippen LogP contribution in [0.2, 0.25) is 0 Å². The Morgan fingerprint density at radius 2 is 1.81 bits per heavy atom. The minimum absolute atomic E-state index is 0.0149. The van der Waals surface area contributed by atoms with Gasteiger partial charge in [0.15, 0.2) is 0 Å². The predicted octanol–water partition coefficient (Wildman–Crippen LogP) is 7.50. The molecule has 5 nitrogen and oxygen atoms in total. The molecule has 0 radical (unpaired) electrons. The summed E-state index contributed by atoms with van der Waals surface area (Å²) < 4.78 is 8.35. The molecular formula is C29H33N3O2S2. The van der Waals surface area contributed by atoms with Gasteiger partial charge in [-0.2, -0.15) is 5.10 Å². The summed E-state index contributed by atoms with van der Waals surface area (Å²) in [7, 11) is 0. The predicted molar refractivity (Wildman–Crippen MR) is 153 cm³/mol. The second-order valence-electron chi connectivity index (χ2n) is 8.84. The van der Waals surface area contributed by atoms with Crippen LogP contribution in [-0.4, -0.2) is 38.1 Å². The quantitative estimate of drug-likeness (QED) is 0.141. The first-order valence-electron chi connectivity index (χ1n) is 12.7. The number of nitrogens with zero attached hydrogens (tertiary/aromatic N) is 3. The number of carbonyl (C=O) groups is 1. The Hall–Kier alpha value is -2.90. The number of aromatic nitrogens is 2.